The molecule has 160 valence electrons. The van der Waals surface area contributed by atoms with Crippen LogP contribution in [-0.4, -0.2) is 52.8 Å². The van der Waals surface area contributed by atoms with Crippen LogP contribution in [0.4, 0.5) is 5.69 Å². The lowest BCUT2D eigenvalue weighted by Gasteiger charge is -2.38. The first-order valence-electron chi connectivity index (χ1n) is 10.2. The van der Waals surface area contributed by atoms with Gasteiger partial charge in [-0.25, -0.2) is 4.98 Å². The van der Waals surface area contributed by atoms with Crippen molar-refractivity contribution in [1.29, 1.82) is 0 Å². The topological polar surface area (TPSA) is 91.8 Å². The molecule has 0 bridgehead atoms. The number of rotatable bonds is 5. The molecular formula is C22H28N3O4S+. The normalized spacial score (nSPS) is 19.9. The van der Waals surface area contributed by atoms with E-state index < -0.39 is 15.6 Å². The highest BCUT2D eigenvalue weighted by Gasteiger charge is 2.48. The van der Waals surface area contributed by atoms with Crippen LogP contribution < -0.4 is 10.1 Å². The summed E-state index contributed by atoms with van der Waals surface area (Å²) in [4.78, 5) is 19.2. The van der Waals surface area contributed by atoms with Crippen molar-refractivity contribution in [2.75, 3.05) is 37.8 Å². The number of hydrogen-bond acceptors (Lipinski definition) is 5. The molecule has 0 aliphatic carbocycles. The first kappa shape index (κ1) is 21.0. The number of likely N-dealkylation sites (tertiary alicyclic amines) is 1. The monoisotopic (exact) mass is 430 g/mol. The van der Waals surface area contributed by atoms with Gasteiger partial charge in [-0.15, -0.1) is 0 Å². The Hall–Kier alpha value is -2.29. The van der Waals surface area contributed by atoms with Gasteiger partial charge >= 0.3 is 0 Å². The summed E-state index contributed by atoms with van der Waals surface area (Å²) in [5.41, 5.74) is 3.50. The van der Waals surface area contributed by atoms with Crippen LogP contribution in [0.5, 0.6) is 5.75 Å². The molecule has 30 heavy (non-hydrogen) atoms. The van der Waals surface area contributed by atoms with Crippen molar-refractivity contribution in [3.05, 3.63) is 47.2 Å². The number of pyridine rings is 1. The maximum Gasteiger partial charge on any atom is 0.284 e. The summed E-state index contributed by atoms with van der Waals surface area (Å²) in [6.45, 7) is 6.74. The van der Waals surface area contributed by atoms with Gasteiger partial charge in [0.05, 0.1) is 11.6 Å². The molecule has 1 amide bonds. The van der Waals surface area contributed by atoms with Crippen molar-refractivity contribution in [2.45, 2.75) is 37.1 Å². The molecule has 1 spiro atoms. The largest absolute Gasteiger partial charge is 0.491 e. The Labute approximate surface area is 178 Å². The standard InChI is InChI=1S/C22H27N3O4S/c1-15-4-5-19-18(12-15)22(21(26)24-19)6-8-25(9-7-22)10-11-29-17-13-16(2)20(23-14-17)30(3,27)28/h4-5,12-14H,6-11H2,1-3H3,(H-,24,26,27,28)/p+1. The number of aromatic nitrogens is 1. The number of carbonyl (C=O) groups is 1. The summed E-state index contributed by atoms with van der Waals surface area (Å²) >= 11 is 0. The molecule has 2 aliphatic rings. The van der Waals surface area contributed by atoms with Crippen LogP contribution in [0.2, 0.25) is 0 Å². The van der Waals surface area contributed by atoms with Gasteiger partial charge in [-0.3, -0.25) is 9.69 Å². The average molecular weight is 431 g/mol. The number of hydrogen-bond donors (Lipinski definition) is 2. The third-order valence-corrected chi connectivity index (χ3v) is 7.27. The van der Waals surface area contributed by atoms with Crippen molar-refractivity contribution in [2.24, 2.45) is 0 Å². The van der Waals surface area contributed by atoms with E-state index in [-0.39, 0.29) is 10.9 Å². The molecular weight excluding hydrogens is 402 g/mol. The number of ether oxygens (including phenoxy) is 1. The highest BCUT2D eigenvalue weighted by molar-refractivity contribution is 7.97. The number of anilines is 1. The Balaban J connectivity index is 1.33. The zero-order valence-electron chi connectivity index (χ0n) is 17.6. The van der Waals surface area contributed by atoms with Crippen LogP contribution in [0.1, 0.15) is 29.5 Å². The van der Waals surface area contributed by atoms with Crippen LogP contribution in [0.15, 0.2) is 35.5 Å². The molecule has 2 N–H and O–H groups in total. The second-order valence-electron chi connectivity index (χ2n) is 8.37. The third-order valence-electron chi connectivity index (χ3n) is 6.12. The minimum Gasteiger partial charge on any atom is -0.491 e. The van der Waals surface area contributed by atoms with Crippen molar-refractivity contribution >= 4 is 21.8 Å². The molecule has 7 nitrogen and oxygen atoms in total. The molecule has 3 heterocycles. The van der Waals surface area contributed by atoms with E-state index >= 15 is 0 Å². The molecule has 1 unspecified atom stereocenters. The van der Waals surface area contributed by atoms with E-state index in [2.05, 4.69) is 28.2 Å². The van der Waals surface area contributed by atoms with Crippen molar-refractivity contribution in [3.8, 4) is 5.75 Å². The van der Waals surface area contributed by atoms with Crippen molar-refractivity contribution in [1.82, 2.24) is 9.88 Å². The van der Waals surface area contributed by atoms with Crippen LogP contribution >= 0.6 is 0 Å². The fraction of sp³-hybridized carbons (Fsp3) is 0.455. The lowest BCUT2D eigenvalue weighted by atomic mass is 9.73. The second-order valence-corrected chi connectivity index (χ2v) is 10.4. The highest BCUT2D eigenvalue weighted by Crippen LogP contribution is 2.45. The minimum atomic E-state index is -3.09. The molecule has 0 radical (unpaired) electrons. The molecule has 1 atom stereocenters. The summed E-state index contributed by atoms with van der Waals surface area (Å²) in [7, 11) is -3.09. The Morgan fingerprint density at radius 2 is 2.00 bits per heavy atom. The molecule has 1 saturated heterocycles. The molecule has 1 aromatic heterocycles. The Kier molecular flexibility index (Phi) is 5.42. The van der Waals surface area contributed by atoms with Gasteiger partial charge in [-0.1, -0.05) is 21.9 Å². The second kappa shape index (κ2) is 7.76. The van der Waals surface area contributed by atoms with Crippen molar-refractivity contribution < 1.29 is 18.3 Å². The van der Waals surface area contributed by atoms with Gasteiger partial charge in [-0.05, 0) is 57.5 Å². The summed E-state index contributed by atoms with van der Waals surface area (Å²) in [5.74, 6) is 0.713. The average Bonchev–Trinajstić information content (AvgIpc) is 2.94. The van der Waals surface area contributed by atoms with Crippen LogP contribution in [0.25, 0.3) is 0 Å². The third kappa shape index (κ3) is 3.87. The van der Waals surface area contributed by atoms with E-state index in [9.17, 15) is 13.6 Å². The maximum absolute atomic E-state index is 12.8. The highest BCUT2D eigenvalue weighted by atomic mass is 32.3. The van der Waals surface area contributed by atoms with Gasteiger partial charge in [0.25, 0.3) is 15.2 Å². The minimum absolute atomic E-state index is 0.122. The maximum atomic E-state index is 12.8. The Morgan fingerprint density at radius 1 is 1.27 bits per heavy atom. The number of aryl methyl sites for hydroxylation is 2. The predicted octanol–water partition coefficient (Wildman–Crippen LogP) is 3.02. The molecule has 1 aromatic carbocycles. The Morgan fingerprint density at radius 3 is 2.67 bits per heavy atom. The zero-order chi connectivity index (χ0) is 21.5. The molecule has 2 aliphatic heterocycles. The van der Waals surface area contributed by atoms with Crippen LogP contribution in [-0.2, 0) is 24.6 Å². The summed E-state index contributed by atoms with van der Waals surface area (Å²) in [5, 5.41) is 3.25. The molecule has 4 rings (SSSR count). The van der Waals surface area contributed by atoms with Gasteiger partial charge in [0.1, 0.15) is 18.6 Å². The lowest BCUT2D eigenvalue weighted by Crippen LogP contribution is -2.47. The van der Waals surface area contributed by atoms with E-state index in [0.29, 0.717) is 17.9 Å². The SMILES string of the molecule is Cc1ccc2c(c1)C1(CCN(CCOc3cnc([S+](C)(=O)O)c(C)c3)CC1)C(=O)N2. The van der Waals surface area contributed by atoms with E-state index in [1.54, 1.807) is 13.0 Å². The fourth-order valence-electron chi connectivity index (χ4n) is 4.49. The number of carbonyl (C=O) groups excluding carboxylic acids is 1. The zero-order valence-corrected chi connectivity index (χ0v) is 18.4. The Bertz CT molecular complexity index is 1030. The quantitative estimate of drug-likeness (QED) is 0.709. The predicted molar refractivity (Wildman–Crippen MR) is 117 cm³/mol. The van der Waals surface area contributed by atoms with Crippen LogP contribution in [0, 0.1) is 13.8 Å². The summed E-state index contributed by atoms with van der Waals surface area (Å²) in [6, 6.07) is 7.93. The van der Waals surface area contributed by atoms with Crippen LogP contribution in [0.3, 0.4) is 0 Å². The first-order valence-corrected chi connectivity index (χ1v) is 12.1. The number of fused-ring (bicyclic) bond motifs is 2. The number of benzene rings is 1. The van der Waals surface area contributed by atoms with Gasteiger partial charge in [0.15, 0.2) is 0 Å². The van der Waals surface area contributed by atoms with Gasteiger partial charge in [-0.2, -0.15) is 4.55 Å². The molecule has 2 aromatic rings. The van der Waals surface area contributed by atoms with E-state index in [1.165, 1.54) is 18.0 Å². The number of nitrogens with one attached hydrogen (secondary N) is 1. The number of amides is 1. The van der Waals surface area contributed by atoms with E-state index in [0.717, 1.165) is 43.7 Å². The first-order chi connectivity index (χ1) is 14.2. The lowest BCUT2D eigenvalue weighted by molar-refractivity contribution is -0.122. The summed E-state index contributed by atoms with van der Waals surface area (Å²) < 4.78 is 27.3. The fourth-order valence-corrected chi connectivity index (χ4v) is 5.39. The van der Waals surface area contributed by atoms with E-state index in [4.69, 9.17) is 4.74 Å². The molecule has 8 heteroatoms. The molecule has 0 saturated carbocycles. The van der Waals surface area contributed by atoms with Gasteiger partial charge in [0, 0.05) is 17.8 Å². The number of nitrogens with zero attached hydrogens (tertiary/aromatic N) is 2. The number of piperidine rings is 1. The smallest absolute Gasteiger partial charge is 0.284 e. The van der Waals surface area contributed by atoms with Gasteiger partial charge < -0.3 is 10.1 Å². The van der Waals surface area contributed by atoms with Gasteiger partial charge in [0.2, 0.25) is 5.91 Å². The summed E-state index contributed by atoms with van der Waals surface area (Å²) in [6.07, 6.45) is 4.35. The van der Waals surface area contributed by atoms with E-state index in [1.807, 2.05) is 12.1 Å². The molecule has 1 fully saturated rings. The van der Waals surface area contributed by atoms with Crippen molar-refractivity contribution in [3.63, 3.8) is 0 Å².